The van der Waals surface area contributed by atoms with Crippen LogP contribution in [0.3, 0.4) is 0 Å². The Morgan fingerprint density at radius 1 is 1.15 bits per heavy atom. The summed E-state index contributed by atoms with van der Waals surface area (Å²) in [6.07, 6.45) is -1.09. The van der Waals surface area contributed by atoms with Gasteiger partial charge >= 0.3 is 5.97 Å². The number of ether oxygens (including phenoxy) is 1. The maximum atomic E-state index is 13.0. The first kappa shape index (κ1) is 17.8. The minimum absolute atomic E-state index is 0.0491. The van der Waals surface area contributed by atoms with E-state index in [0.29, 0.717) is 5.52 Å². The number of aromatic nitrogens is 1. The third kappa shape index (κ3) is 3.97. The van der Waals surface area contributed by atoms with Gasteiger partial charge in [0, 0.05) is 5.39 Å². The van der Waals surface area contributed by atoms with E-state index in [9.17, 15) is 14.0 Å². The molecule has 1 heterocycles. The predicted octanol–water partition coefficient (Wildman–Crippen LogP) is 4.21. The summed E-state index contributed by atoms with van der Waals surface area (Å²) in [5.41, 5.74) is 0.977. The number of amides is 1. The Kier molecular flexibility index (Phi) is 5.14. The van der Waals surface area contributed by atoms with E-state index in [2.05, 4.69) is 10.3 Å². The van der Waals surface area contributed by atoms with E-state index in [1.54, 1.807) is 12.1 Å². The van der Waals surface area contributed by atoms with Gasteiger partial charge in [-0.25, -0.2) is 14.2 Å². The molecule has 0 aliphatic carbocycles. The molecule has 0 radical (unpaired) electrons. The van der Waals surface area contributed by atoms with Crippen LogP contribution in [-0.4, -0.2) is 23.0 Å². The SMILES string of the molecule is C[C@@H](OC(=O)c1ccc2ccccc2n1)C(=O)Nc1ccc(F)cc1Cl. The molecule has 0 unspecified atom stereocenters. The first-order valence-electron chi connectivity index (χ1n) is 7.77. The highest BCUT2D eigenvalue weighted by Gasteiger charge is 2.20. The normalized spacial score (nSPS) is 11.8. The molecule has 1 aromatic heterocycles. The second kappa shape index (κ2) is 7.49. The third-order valence-corrected chi connectivity index (χ3v) is 3.96. The van der Waals surface area contributed by atoms with E-state index in [-0.39, 0.29) is 16.4 Å². The number of rotatable bonds is 4. The van der Waals surface area contributed by atoms with Gasteiger partial charge in [0.15, 0.2) is 6.10 Å². The number of hydrogen-bond acceptors (Lipinski definition) is 4. The second-order valence-corrected chi connectivity index (χ2v) is 5.96. The number of nitrogens with one attached hydrogen (secondary N) is 1. The largest absolute Gasteiger partial charge is 0.448 e. The molecule has 0 aliphatic rings. The predicted molar refractivity (Wildman–Crippen MR) is 96.7 cm³/mol. The molecule has 0 bridgehead atoms. The number of carbonyl (C=O) groups is 2. The van der Waals surface area contributed by atoms with Gasteiger partial charge in [0.2, 0.25) is 0 Å². The van der Waals surface area contributed by atoms with Crippen molar-refractivity contribution in [2.75, 3.05) is 5.32 Å². The van der Waals surface area contributed by atoms with Crippen LogP contribution in [0.25, 0.3) is 10.9 Å². The molecule has 3 rings (SSSR count). The van der Waals surface area contributed by atoms with Crippen LogP contribution in [0.2, 0.25) is 5.02 Å². The standard InChI is InChI=1S/C19H14ClFN2O3/c1-11(18(24)23-16-9-7-13(21)10-14(16)20)26-19(25)17-8-6-12-4-2-3-5-15(12)22-17/h2-11H,1H3,(H,23,24)/t11-/m1/s1. The highest BCUT2D eigenvalue weighted by Crippen LogP contribution is 2.22. The zero-order valence-corrected chi connectivity index (χ0v) is 14.5. The van der Waals surface area contributed by atoms with E-state index < -0.39 is 23.8 Å². The fraction of sp³-hybridized carbons (Fsp3) is 0.105. The van der Waals surface area contributed by atoms with Gasteiger partial charge in [-0.2, -0.15) is 0 Å². The van der Waals surface area contributed by atoms with Gasteiger partial charge in [0.05, 0.1) is 16.2 Å². The number of carbonyl (C=O) groups excluding carboxylic acids is 2. The zero-order chi connectivity index (χ0) is 18.7. The quantitative estimate of drug-likeness (QED) is 0.696. The van der Waals surface area contributed by atoms with Crippen LogP contribution >= 0.6 is 11.6 Å². The highest BCUT2D eigenvalue weighted by atomic mass is 35.5. The number of fused-ring (bicyclic) bond motifs is 1. The molecule has 0 saturated carbocycles. The first-order chi connectivity index (χ1) is 12.4. The summed E-state index contributed by atoms with van der Waals surface area (Å²) in [4.78, 5) is 28.6. The van der Waals surface area contributed by atoms with Crippen LogP contribution in [-0.2, 0) is 9.53 Å². The summed E-state index contributed by atoms with van der Waals surface area (Å²) in [7, 11) is 0. The Bertz CT molecular complexity index is 993. The summed E-state index contributed by atoms with van der Waals surface area (Å²) in [5.74, 6) is -1.83. The van der Waals surface area contributed by atoms with E-state index >= 15 is 0 Å². The molecule has 2 aromatic carbocycles. The number of halogens is 2. The van der Waals surface area contributed by atoms with Gasteiger partial charge in [-0.15, -0.1) is 0 Å². The van der Waals surface area contributed by atoms with Gasteiger partial charge in [0.25, 0.3) is 5.91 Å². The molecule has 0 spiro atoms. The molecule has 1 atom stereocenters. The Hall–Kier alpha value is -2.99. The second-order valence-electron chi connectivity index (χ2n) is 5.55. The summed E-state index contributed by atoms with van der Waals surface area (Å²) in [6.45, 7) is 1.42. The lowest BCUT2D eigenvalue weighted by Gasteiger charge is -2.14. The number of hydrogen-bond donors (Lipinski definition) is 1. The molecule has 132 valence electrons. The molecular formula is C19H14ClFN2O3. The fourth-order valence-corrected chi connectivity index (χ4v) is 2.49. The monoisotopic (exact) mass is 372 g/mol. The van der Waals surface area contributed by atoms with Crippen molar-refractivity contribution < 1.29 is 18.7 Å². The fourth-order valence-electron chi connectivity index (χ4n) is 2.28. The minimum Gasteiger partial charge on any atom is -0.448 e. The average Bonchev–Trinajstić information content (AvgIpc) is 2.63. The molecule has 3 aromatic rings. The Labute approximate surface area is 153 Å². The number of pyridine rings is 1. The third-order valence-electron chi connectivity index (χ3n) is 3.65. The molecule has 26 heavy (non-hydrogen) atoms. The summed E-state index contributed by atoms with van der Waals surface area (Å²) >= 11 is 5.86. The first-order valence-corrected chi connectivity index (χ1v) is 8.14. The topological polar surface area (TPSA) is 68.3 Å². The molecule has 1 amide bonds. The molecule has 1 N–H and O–H groups in total. The number of anilines is 1. The van der Waals surface area contributed by atoms with Crippen LogP contribution < -0.4 is 5.32 Å². The lowest BCUT2D eigenvalue weighted by atomic mass is 10.2. The Morgan fingerprint density at radius 3 is 2.69 bits per heavy atom. The van der Waals surface area contributed by atoms with Crippen molar-refractivity contribution in [1.82, 2.24) is 4.98 Å². The smallest absolute Gasteiger partial charge is 0.357 e. The van der Waals surface area contributed by atoms with Crippen molar-refractivity contribution in [3.8, 4) is 0 Å². The van der Waals surface area contributed by atoms with Crippen LogP contribution in [0.4, 0.5) is 10.1 Å². The van der Waals surface area contributed by atoms with Gasteiger partial charge in [0.1, 0.15) is 11.5 Å². The summed E-state index contributed by atoms with van der Waals surface area (Å²) in [6, 6.07) is 14.2. The van der Waals surface area contributed by atoms with Crippen molar-refractivity contribution in [3.63, 3.8) is 0 Å². The summed E-state index contributed by atoms with van der Waals surface area (Å²) < 4.78 is 18.2. The van der Waals surface area contributed by atoms with Crippen LogP contribution in [0.1, 0.15) is 17.4 Å². The van der Waals surface area contributed by atoms with Crippen molar-refractivity contribution in [1.29, 1.82) is 0 Å². The van der Waals surface area contributed by atoms with E-state index in [1.165, 1.54) is 19.1 Å². The lowest BCUT2D eigenvalue weighted by molar-refractivity contribution is -0.123. The van der Waals surface area contributed by atoms with Crippen LogP contribution in [0.15, 0.2) is 54.6 Å². The van der Waals surface area contributed by atoms with Crippen molar-refractivity contribution in [2.24, 2.45) is 0 Å². The van der Waals surface area contributed by atoms with Gasteiger partial charge in [-0.3, -0.25) is 4.79 Å². The van der Waals surface area contributed by atoms with Crippen molar-refractivity contribution in [2.45, 2.75) is 13.0 Å². The van der Waals surface area contributed by atoms with Gasteiger partial charge in [-0.05, 0) is 37.3 Å². The number of para-hydroxylation sites is 1. The Morgan fingerprint density at radius 2 is 1.92 bits per heavy atom. The molecule has 0 fully saturated rings. The molecule has 0 saturated heterocycles. The van der Waals surface area contributed by atoms with Crippen LogP contribution in [0.5, 0.6) is 0 Å². The van der Waals surface area contributed by atoms with Gasteiger partial charge in [-0.1, -0.05) is 35.9 Å². The summed E-state index contributed by atoms with van der Waals surface area (Å²) in [5, 5.41) is 3.43. The zero-order valence-electron chi connectivity index (χ0n) is 13.7. The number of nitrogens with zero attached hydrogens (tertiary/aromatic N) is 1. The minimum atomic E-state index is -1.09. The molecule has 7 heteroatoms. The average molecular weight is 373 g/mol. The molecule has 0 aliphatic heterocycles. The maximum absolute atomic E-state index is 13.0. The Balaban J connectivity index is 1.68. The molecule has 5 nitrogen and oxygen atoms in total. The van der Waals surface area contributed by atoms with Gasteiger partial charge < -0.3 is 10.1 Å². The number of esters is 1. The highest BCUT2D eigenvalue weighted by molar-refractivity contribution is 6.33. The lowest BCUT2D eigenvalue weighted by Crippen LogP contribution is -2.30. The van der Waals surface area contributed by atoms with Crippen molar-refractivity contribution in [3.05, 3.63) is 71.1 Å². The van der Waals surface area contributed by atoms with E-state index in [4.69, 9.17) is 16.3 Å². The van der Waals surface area contributed by atoms with E-state index in [0.717, 1.165) is 17.5 Å². The van der Waals surface area contributed by atoms with Crippen molar-refractivity contribution >= 4 is 40.1 Å². The maximum Gasteiger partial charge on any atom is 0.357 e. The molecular weight excluding hydrogens is 359 g/mol. The number of benzene rings is 2. The van der Waals surface area contributed by atoms with Crippen LogP contribution in [0, 0.1) is 5.82 Å². The van der Waals surface area contributed by atoms with E-state index in [1.807, 2.05) is 18.2 Å².